The van der Waals surface area contributed by atoms with E-state index in [0.29, 0.717) is 0 Å². The van der Waals surface area contributed by atoms with Crippen molar-refractivity contribution >= 4 is 11.4 Å². The summed E-state index contributed by atoms with van der Waals surface area (Å²) in [6.07, 6.45) is 33.7. The number of nitrogens with zero attached hydrogens (tertiary/aromatic N) is 2. The van der Waals surface area contributed by atoms with E-state index in [0.717, 1.165) is 62.8 Å². The summed E-state index contributed by atoms with van der Waals surface area (Å²) in [6, 6.07) is 10.1. The topological polar surface area (TPSA) is 25.3 Å². The van der Waals surface area contributed by atoms with Crippen LogP contribution in [0.2, 0.25) is 0 Å². The van der Waals surface area contributed by atoms with Gasteiger partial charge in [0.25, 0.3) is 0 Å². The van der Waals surface area contributed by atoms with Crippen molar-refractivity contribution < 1.29 is 25.1 Å². The number of aryl methyl sites for hydroxylation is 4. The number of hydrogen-bond acceptors (Lipinski definition) is 0. The molecule has 2 aromatic carbocycles. The first kappa shape index (κ1) is 49.3. The smallest absolute Gasteiger partial charge is 0.211 e. The van der Waals surface area contributed by atoms with E-state index in [2.05, 4.69) is 79.7 Å². The van der Waals surface area contributed by atoms with Crippen LogP contribution >= 0.6 is 0 Å². The van der Waals surface area contributed by atoms with Gasteiger partial charge in [-0.1, -0.05) is 132 Å². The van der Waals surface area contributed by atoms with Crippen molar-refractivity contribution in [2.45, 2.75) is 235 Å². The molecule has 2 aromatic rings. The number of benzene rings is 2. The van der Waals surface area contributed by atoms with Crippen LogP contribution in [0.5, 0.6) is 0 Å². The second-order valence-electron chi connectivity index (χ2n) is 16.8. The molecule has 0 aliphatic carbocycles. The molecule has 55 heavy (non-hydrogen) atoms. The molecule has 0 fully saturated rings. The van der Waals surface area contributed by atoms with E-state index in [9.17, 15) is 5.53 Å². The Bertz CT molecular complexity index is 1420. The summed E-state index contributed by atoms with van der Waals surface area (Å²) >= 11 is 0. The van der Waals surface area contributed by atoms with Crippen LogP contribution in [0.1, 0.15) is 241 Å². The molecule has 1 aliphatic rings. The van der Waals surface area contributed by atoms with Crippen LogP contribution in [0.3, 0.4) is 0 Å². The van der Waals surface area contributed by atoms with E-state index in [4.69, 9.17) is 0 Å². The third-order valence-corrected chi connectivity index (χ3v) is 12.1. The van der Waals surface area contributed by atoms with Crippen LogP contribution in [0.15, 0.2) is 35.4 Å². The predicted octanol–water partition coefficient (Wildman–Crippen LogP) is 16.9. The van der Waals surface area contributed by atoms with Gasteiger partial charge in [-0.15, -0.1) is 0 Å². The van der Waals surface area contributed by atoms with Crippen LogP contribution in [0.4, 0.5) is 0 Å². The van der Waals surface area contributed by atoms with Gasteiger partial charge in [0.15, 0.2) is 0 Å². The van der Waals surface area contributed by atoms with Crippen molar-refractivity contribution in [3.63, 3.8) is 0 Å². The number of rotatable bonds is 30. The average molecular weight is 844 g/mol. The SMILES string of the molecule is CCCCCCCCC1=C(c2cc(CCCC)c(CCCC)c(CCCC)c2)[N+](=[N-])C(c2cc(CCCC)c(CCCC)c(CCCC)c2)=C1CCCC.[Pd]. The Morgan fingerprint density at radius 2 is 0.618 bits per heavy atom. The first-order valence-corrected chi connectivity index (χ1v) is 23.7. The molecule has 0 atom stereocenters. The van der Waals surface area contributed by atoms with Crippen LogP contribution in [0, 0.1) is 0 Å². The largest absolute Gasteiger partial charge is 0.493 e. The number of allylic oxidation sites excluding steroid dienone is 2. The van der Waals surface area contributed by atoms with E-state index in [-0.39, 0.29) is 20.4 Å². The molecule has 0 saturated carbocycles. The fourth-order valence-electron chi connectivity index (χ4n) is 8.80. The van der Waals surface area contributed by atoms with Crippen molar-refractivity contribution in [3.8, 4) is 0 Å². The summed E-state index contributed by atoms with van der Waals surface area (Å²) in [6.45, 7) is 18.6. The second-order valence-corrected chi connectivity index (χ2v) is 16.8. The minimum Gasteiger partial charge on any atom is -0.493 e. The van der Waals surface area contributed by atoms with E-state index < -0.39 is 0 Å². The molecular weight excluding hydrogens is 759 g/mol. The quantitative estimate of drug-likeness (QED) is 0.0425. The van der Waals surface area contributed by atoms with Crippen LogP contribution < -0.4 is 0 Å². The molecule has 0 aromatic heterocycles. The standard InChI is InChI=1S/C52H84N2.Pd/c1-9-17-25-26-27-28-36-50-49(35-24-16-8)51(45-37-41(29-18-10-2)47(33-22-14-6)42(38-45)30-19-11-3)54(53)52(50)46-39-43(31-20-12-4)48(34-23-15-7)44(40-46)32-21-13-5;/h37-40H,9-36H2,1-8H3;. The van der Waals surface area contributed by atoms with Gasteiger partial charge in [0.05, 0.1) is 0 Å². The minimum absolute atomic E-state index is 0. The van der Waals surface area contributed by atoms with E-state index in [1.165, 1.54) is 151 Å². The van der Waals surface area contributed by atoms with E-state index >= 15 is 0 Å². The molecule has 0 radical (unpaired) electrons. The zero-order chi connectivity index (χ0) is 39.1. The van der Waals surface area contributed by atoms with Crippen LogP contribution in [-0.2, 0) is 58.9 Å². The normalized spacial score (nSPS) is 13.1. The summed E-state index contributed by atoms with van der Waals surface area (Å²) in [5, 5.41) is 0. The van der Waals surface area contributed by atoms with Crippen LogP contribution in [0.25, 0.3) is 16.9 Å². The first-order chi connectivity index (χ1) is 26.4. The average Bonchev–Trinajstić information content (AvgIpc) is 3.46. The van der Waals surface area contributed by atoms with Gasteiger partial charge in [-0.2, -0.15) is 0 Å². The summed E-state index contributed by atoms with van der Waals surface area (Å²) < 4.78 is 1.72. The Labute approximate surface area is 355 Å². The van der Waals surface area contributed by atoms with Gasteiger partial charge in [0.2, 0.25) is 11.4 Å². The van der Waals surface area contributed by atoms with Gasteiger partial charge in [-0.25, -0.2) is 4.70 Å². The summed E-state index contributed by atoms with van der Waals surface area (Å²) in [7, 11) is 0. The predicted molar refractivity (Wildman–Crippen MR) is 240 cm³/mol. The zero-order valence-electron chi connectivity index (χ0n) is 37.3. The van der Waals surface area contributed by atoms with Crippen molar-refractivity contribution in [3.05, 3.63) is 85.5 Å². The van der Waals surface area contributed by atoms with E-state index in [1.807, 2.05) is 0 Å². The molecule has 3 rings (SSSR count). The Morgan fingerprint density at radius 1 is 0.345 bits per heavy atom. The Kier molecular flexibility index (Phi) is 25.6. The second kappa shape index (κ2) is 28.6. The third-order valence-electron chi connectivity index (χ3n) is 12.1. The first-order valence-electron chi connectivity index (χ1n) is 23.7. The van der Waals surface area contributed by atoms with Crippen molar-refractivity contribution in [2.75, 3.05) is 0 Å². The molecule has 3 heteroatoms. The van der Waals surface area contributed by atoms with Gasteiger partial charge in [0, 0.05) is 42.7 Å². The molecule has 2 nitrogen and oxygen atoms in total. The molecule has 0 spiro atoms. The molecule has 312 valence electrons. The molecular formula is C52H84N2Pd. The van der Waals surface area contributed by atoms with Gasteiger partial charge in [-0.05, 0) is 160 Å². The Balaban J connectivity index is 0.0000105. The molecule has 1 aliphatic heterocycles. The third kappa shape index (κ3) is 14.8. The molecule has 0 unspecified atom stereocenters. The maximum Gasteiger partial charge on any atom is 0.211 e. The summed E-state index contributed by atoms with van der Waals surface area (Å²) in [4.78, 5) is 0. The van der Waals surface area contributed by atoms with Gasteiger partial charge < -0.3 is 5.53 Å². The van der Waals surface area contributed by atoms with Gasteiger partial charge in [0.1, 0.15) is 0 Å². The number of hydrogen-bond donors (Lipinski definition) is 0. The van der Waals surface area contributed by atoms with Crippen molar-refractivity contribution in [1.82, 2.24) is 0 Å². The fraction of sp³-hybridized carbons (Fsp3) is 0.692. The monoisotopic (exact) mass is 843 g/mol. The van der Waals surface area contributed by atoms with Crippen molar-refractivity contribution in [1.29, 1.82) is 0 Å². The molecule has 0 N–H and O–H groups in total. The maximum absolute atomic E-state index is 12.9. The van der Waals surface area contributed by atoms with Crippen molar-refractivity contribution in [2.24, 2.45) is 0 Å². The Morgan fingerprint density at radius 3 is 0.964 bits per heavy atom. The van der Waals surface area contributed by atoms with E-state index in [1.54, 1.807) is 38.1 Å². The Hall–Kier alpha value is -1.82. The van der Waals surface area contributed by atoms with Gasteiger partial charge in [-0.3, -0.25) is 0 Å². The molecule has 0 amide bonds. The molecule has 0 saturated heterocycles. The number of unbranched alkanes of at least 4 members (excludes halogenated alkanes) is 12. The molecule has 0 bridgehead atoms. The van der Waals surface area contributed by atoms with Gasteiger partial charge >= 0.3 is 0 Å². The zero-order valence-corrected chi connectivity index (χ0v) is 38.9. The summed E-state index contributed by atoms with van der Waals surface area (Å²) in [5.74, 6) is 0. The fourth-order valence-corrected chi connectivity index (χ4v) is 8.80. The maximum atomic E-state index is 12.9. The minimum atomic E-state index is 0. The molecule has 1 heterocycles. The van der Waals surface area contributed by atoms with Crippen LogP contribution in [-0.4, -0.2) is 4.70 Å². The summed E-state index contributed by atoms with van der Waals surface area (Å²) in [5.41, 5.74) is 29.8.